The number of amides is 2. The molecular weight excluding hydrogens is 334 g/mol. The zero-order chi connectivity index (χ0) is 18.0. The van der Waals surface area contributed by atoms with Gasteiger partial charge >= 0.3 is 0 Å². The van der Waals surface area contributed by atoms with E-state index in [-0.39, 0.29) is 11.8 Å². The lowest BCUT2D eigenvalue weighted by Crippen LogP contribution is -2.45. The second-order valence-electron chi connectivity index (χ2n) is 6.53. The van der Waals surface area contributed by atoms with Gasteiger partial charge < -0.3 is 10.2 Å². The van der Waals surface area contributed by atoms with E-state index in [9.17, 15) is 9.59 Å². The van der Waals surface area contributed by atoms with Crippen molar-refractivity contribution in [1.29, 1.82) is 0 Å². The fraction of sp³-hybridized carbons (Fsp3) is 0.421. The van der Waals surface area contributed by atoms with Gasteiger partial charge in [0, 0.05) is 17.5 Å². The molecule has 1 aromatic carbocycles. The molecule has 1 aliphatic rings. The van der Waals surface area contributed by atoms with E-state index in [1.807, 2.05) is 44.4 Å². The predicted molar refractivity (Wildman–Crippen MR) is 98.7 cm³/mol. The van der Waals surface area contributed by atoms with Crippen molar-refractivity contribution in [2.45, 2.75) is 46.2 Å². The number of carbonyl (C=O) groups excluding carboxylic acids is 2. The summed E-state index contributed by atoms with van der Waals surface area (Å²) in [6.45, 7) is 6.99. The minimum Gasteiger partial charge on any atom is -0.349 e. The number of nitrogens with zero attached hydrogens (tertiary/aromatic N) is 2. The Morgan fingerprint density at radius 3 is 2.76 bits per heavy atom. The second-order valence-corrected chi connectivity index (χ2v) is 7.59. The molecule has 0 radical (unpaired) electrons. The third-order valence-corrected chi connectivity index (χ3v) is 5.50. The normalized spacial score (nSPS) is 16.9. The Bertz CT molecular complexity index is 800. The molecule has 2 amide bonds. The maximum absolute atomic E-state index is 12.8. The Morgan fingerprint density at radius 1 is 1.28 bits per heavy atom. The summed E-state index contributed by atoms with van der Waals surface area (Å²) in [5.41, 5.74) is 3.76. The van der Waals surface area contributed by atoms with Crippen LogP contribution in [0.4, 0.5) is 0 Å². The predicted octanol–water partition coefficient (Wildman–Crippen LogP) is 2.99. The van der Waals surface area contributed by atoms with Gasteiger partial charge in [0.1, 0.15) is 6.04 Å². The molecule has 0 aliphatic carbocycles. The van der Waals surface area contributed by atoms with Crippen LogP contribution < -0.4 is 5.32 Å². The summed E-state index contributed by atoms with van der Waals surface area (Å²) in [6, 6.07) is 5.31. The minimum absolute atomic E-state index is 0.0646. The lowest BCUT2D eigenvalue weighted by molar-refractivity contribution is -0.125. The van der Waals surface area contributed by atoms with Crippen LogP contribution in [0.15, 0.2) is 23.6 Å². The van der Waals surface area contributed by atoms with Crippen LogP contribution in [-0.2, 0) is 11.3 Å². The van der Waals surface area contributed by atoms with E-state index in [0.717, 1.165) is 28.2 Å². The lowest BCUT2D eigenvalue weighted by Gasteiger charge is -2.24. The molecule has 2 aromatic rings. The van der Waals surface area contributed by atoms with Gasteiger partial charge in [0.05, 0.1) is 17.2 Å². The highest BCUT2D eigenvalue weighted by molar-refractivity contribution is 7.09. The Hall–Kier alpha value is -2.21. The largest absolute Gasteiger partial charge is 0.349 e. The summed E-state index contributed by atoms with van der Waals surface area (Å²) < 4.78 is 0. The van der Waals surface area contributed by atoms with E-state index in [1.165, 1.54) is 0 Å². The van der Waals surface area contributed by atoms with E-state index in [2.05, 4.69) is 10.3 Å². The number of benzene rings is 1. The zero-order valence-corrected chi connectivity index (χ0v) is 15.7. The van der Waals surface area contributed by atoms with Crippen molar-refractivity contribution in [3.05, 3.63) is 51.0 Å². The van der Waals surface area contributed by atoms with Crippen LogP contribution in [-0.4, -0.2) is 34.3 Å². The number of carbonyl (C=O) groups is 2. The number of likely N-dealkylation sites (tertiary alicyclic amines) is 1. The lowest BCUT2D eigenvalue weighted by atomic mass is 10.1. The Balaban J connectivity index is 1.67. The Labute approximate surface area is 152 Å². The molecule has 1 aliphatic heterocycles. The van der Waals surface area contributed by atoms with Gasteiger partial charge in [0.15, 0.2) is 0 Å². The molecule has 3 rings (SSSR count). The highest BCUT2D eigenvalue weighted by Gasteiger charge is 2.34. The Morgan fingerprint density at radius 2 is 2.08 bits per heavy atom. The fourth-order valence-corrected chi connectivity index (χ4v) is 3.72. The fourth-order valence-electron chi connectivity index (χ4n) is 3.11. The number of hydrogen-bond donors (Lipinski definition) is 1. The van der Waals surface area contributed by atoms with Crippen molar-refractivity contribution in [3.8, 4) is 0 Å². The molecule has 0 saturated carbocycles. The highest BCUT2D eigenvalue weighted by Crippen LogP contribution is 2.21. The number of nitrogens with one attached hydrogen (secondary N) is 1. The minimum atomic E-state index is -0.395. The maximum atomic E-state index is 12.8. The molecule has 6 heteroatoms. The van der Waals surface area contributed by atoms with Crippen molar-refractivity contribution in [3.63, 3.8) is 0 Å². The molecule has 1 N–H and O–H groups in total. The smallest absolute Gasteiger partial charge is 0.254 e. The molecule has 132 valence electrons. The number of aryl methyl sites for hydroxylation is 3. The highest BCUT2D eigenvalue weighted by atomic mass is 32.1. The Kier molecular flexibility index (Phi) is 5.18. The number of thiazole rings is 1. The van der Waals surface area contributed by atoms with Crippen molar-refractivity contribution in [1.82, 2.24) is 15.2 Å². The number of rotatable bonds is 4. The van der Waals surface area contributed by atoms with Gasteiger partial charge in [0.2, 0.25) is 5.91 Å². The van der Waals surface area contributed by atoms with E-state index >= 15 is 0 Å². The first-order chi connectivity index (χ1) is 12.0. The van der Waals surface area contributed by atoms with Crippen molar-refractivity contribution in [2.24, 2.45) is 0 Å². The molecule has 1 saturated heterocycles. The monoisotopic (exact) mass is 357 g/mol. The first-order valence-corrected chi connectivity index (χ1v) is 9.40. The van der Waals surface area contributed by atoms with Crippen molar-refractivity contribution in [2.75, 3.05) is 6.54 Å². The number of hydrogen-bond acceptors (Lipinski definition) is 4. The van der Waals surface area contributed by atoms with Crippen LogP contribution in [0.25, 0.3) is 0 Å². The van der Waals surface area contributed by atoms with Crippen LogP contribution >= 0.6 is 11.3 Å². The third-order valence-electron chi connectivity index (χ3n) is 4.68. The van der Waals surface area contributed by atoms with E-state index in [4.69, 9.17) is 0 Å². The van der Waals surface area contributed by atoms with Crippen LogP contribution in [0.3, 0.4) is 0 Å². The zero-order valence-electron chi connectivity index (χ0n) is 14.8. The maximum Gasteiger partial charge on any atom is 0.254 e. The third kappa shape index (κ3) is 3.90. The molecule has 5 nitrogen and oxygen atoms in total. The topological polar surface area (TPSA) is 62.3 Å². The SMILES string of the molecule is Cc1nc(CNC(=O)[C@H]2CCCN2C(=O)c2ccc(C)c(C)c2)cs1. The van der Waals surface area contributed by atoms with E-state index in [0.29, 0.717) is 25.1 Å². The molecule has 2 heterocycles. The van der Waals surface area contributed by atoms with E-state index < -0.39 is 6.04 Å². The van der Waals surface area contributed by atoms with Gasteiger partial charge in [-0.15, -0.1) is 11.3 Å². The summed E-state index contributed by atoms with van der Waals surface area (Å²) in [5, 5.41) is 5.85. The summed E-state index contributed by atoms with van der Waals surface area (Å²) in [6.07, 6.45) is 1.56. The van der Waals surface area contributed by atoms with Crippen LogP contribution in [0.5, 0.6) is 0 Å². The van der Waals surface area contributed by atoms with Crippen LogP contribution in [0, 0.1) is 20.8 Å². The summed E-state index contributed by atoms with van der Waals surface area (Å²) >= 11 is 1.57. The quantitative estimate of drug-likeness (QED) is 0.915. The molecule has 1 atom stereocenters. The van der Waals surface area contributed by atoms with Gasteiger partial charge in [-0.05, 0) is 56.9 Å². The standard InChI is InChI=1S/C19H23N3O2S/c1-12-6-7-15(9-13(12)2)19(24)22-8-4-5-17(22)18(23)20-10-16-11-25-14(3)21-16/h6-7,9,11,17H,4-5,8,10H2,1-3H3,(H,20,23)/t17-/m1/s1. The van der Waals surface area contributed by atoms with Gasteiger partial charge in [-0.25, -0.2) is 4.98 Å². The molecular formula is C19H23N3O2S. The molecule has 25 heavy (non-hydrogen) atoms. The molecule has 1 aromatic heterocycles. The first kappa shape index (κ1) is 17.6. The van der Waals surface area contributed by atoms with Gasteiger partial charge in [-0.3, -0.25) is 9.59 Å². The number of aromatic nitrogens is 1. The average molecular weight is 357 g/mol. The first-order valence-electron chi connectivity index (χ1n) is 8.52. The summed E-state index contributed by atoms with van der Waals surface area (Å²) in [4.78, 5) is 31.5. The molecule has 0 spiro atoms. The molecule has 0 bridgehead atoms. The van der Waals surface area contributed by atoms with Crippen molar-refractivity contribution >= 4 is 23.2 Å². The van der Waals surface area contributed by atoms with Gasteiger partial charge in [-0.2, -0.15) is 0 Å². The summed E-state index contributed by atoms with van der Waals surface area (Å²) in [5.74, 6) is -0.161. The second kappa shape index (κ2) is 7.35. The van der Waals surface area contributed by atoms with Gasteiger partial charge in [0.25, 0.3) is 5.91 Å². The van der Waals surface area contributed by atoms with Crippen LogP contribution in [0.1, 0.15) is 45.0 Å². The summed E-state index contributed by atoms with van der Waals surface area (Å²) in [7, 11) is 0. The van der Waals surface area contributed by atoms with Crippen molar-refractivity contribution < 1.29 is 9.59 Å². The molecule has 0 unspecified atom stereocenters. The van der Waals surface area contributed by atoms with Crippen LogP contribution in [0.2, 0.25) is 0 Å². The van der Waals surface area contributed by atoms with E-state index in [1.54, 1.807) is 16.2 Å². The molecule has 1 fully saturated rings. The average Bonchev–Trinajstić information content (AvgIpc) is 3.23. The van der Waals surface area contributed by atoms with Gasteiger partial charge in [-0.1, -0.05) is 6.07 Å².